The number of benzene rings is 1. The van der Waals surface area contributed by atoms with Gasteiger partial charge in [-0.2, -0.15) is 4.31 Å². The largest absolute Gasteiger partial charge is 0.354 e. The number of sulfonamides is 1. The van der Waals surface area contributed by atoms with Crippen LogP contribution in [0.15, 0.2) is 48.7 Å². The zero-order chi connectivity index (χ0) is 19.3. The molecule has 2 heterocycles. The predicted molar refractivity (Wildman–Crippen MR) is 106 cm³/mol. The van der Waals surface area contributed by atoms with Gasteiger partial charge >= 0.3 is 0 Å². The third-order valence-electron chi connectivity index (χ3n) is 4.37. The monoisotopic (exact) mass is 408 g/mol. The van der Waals surface area contributed by atoms with Crippen LogP contribution < -0.4 is 10.2 Å². The number of nitrogens with zero attached hydrogens (tertiary/aromatic N) is 3. The fourth-order valence-electron chi connectivity index (χ4n) is 2.90. The molecule has 1 fully saturated rings. The van der Waals surface area contributed by atoms with Gasteiger partial charge in [0.1, 0.15) is 5.82 Å². The van der Waals surface area contributed by atoms with Crippen molar-refractivity contribution in [1.82, 2.24) is 14.6 Å². The molecule has 1 saturated heterocycles. The van der Waals surface area contributed by atoms with E-state index in [2.05, 4.69) is 15.2 Å². The van der Waals surface area contributed by atoms with Crippen LogP contribution in [0.5, 0.6) is 0 Å². The van der Waals surface area contributed by atoms with Crippen molar-refractivity contribution in [3.8, 4) is 0 Å². The fraction of sp³-hybridized carbons (Fsp3) is 0.333. The number of pyridine rings is 1. The van der Waals surface area contributed by atoms with Crippen molar-refractivity contribution in [2.24, 2.45) is 0 Å². The lowest BCUT2D eigenvalue weighted by Crippen LogP contribution is -2.50. The molecule has 144 valence electrons. The summed E-state index contributed by atoms with van der Waals surface area (Å²) in [6.45, 7) is 2.01. The number of carbonyl (C=O) groups excluding carboxylic acids is 1. The molecule has 0 saturated carbocycles. The topological polar surface area (TPSA) is 82.6 Å². The highest BCUT2D eigenvalue weighted by Crippen LogP contribution is 2.16. The molecule has 0 bridgehead atoms. The Labute approximate surface area is 164 Å². The van der Waals surface area contributed by atoms with E-state index in [1.807, 2.05) is 18.2 Å². The second kappa shape index (κ2) is 8.69. The number of hydrogen-bond donors (Lipinski definition) is 1. The summed E-state index contributed by atoms with van der Waals surface area (Å²) in [5.74, 6) is 0.324. The summed E-state index contributed by atoms with van der Waals surface area (Å²) in [6.07, 6.45) is 1.72. The first-order valence-electron chi connectivity index (χ1n) is 8.64. The highest BCUT2D eigenvalue weighted by molar-refractivity contribution is 7.89. The normalized spacial score (nSPS) is 15.5. The van der Waals surface area contributed by atoms with Crippen molar-refractivity contribution >= 4 is 33.3 Å². The van der Waals surface area contributed by atoms with Crippen LogP contribution in [0.3, 0.4) is 0 Å². The lowest BCUT2D eigenvalue weighted by atomic mass is 10.2. The van der Waals surface area contributed by atoms with Gasteiger partial charge in [-0.15, -0.1) is 0 Å². The minimum Gasteiger partial charge on any atom is -0.354 e. The molecule has 0 atom stereocenters. The second-order valence-corrected chi connectivity index (χ2v) is 8.62. The lowest BCUT2D eigenvalue weighted by molar-refractivity contribution is 0.0956. The molecule has 0 radical (unpaired) electrons. The maximum Gasteiger partial charge on any atom is 0.252 e. The number of piperazine rings is 1. The summed E-state index contributed by atoms with van der Waals surface area (Å²) in [7, 11) is -3.44. The second-order valence-electron chi connectivity index (χ2n) is 6.13. The first kappa shape index (κ1) is 19.6. The molecule has 2 aromatic rings. The number of hydrogen-bond acceptors (Lipinski definition) is 5. The van der Waals surface area contributed by atoms with Gasteiger partial charge in [-0.3, -0.25) is 4.79 Å². The summed E-state index contributed by atoms with van der Waals surface area (Å²) in [4.78, 5) is 18.5. The van der Waals surface area contributed by atoms with Gasteiger partial charge in [0, 0.05) is 38.9 Å². The van der Waals surface area contributed by atoms with Gasteiger partial charge in [-0.25, -0.2) is 13.4 Å². The Bertz CT molecular complexity index is 884. The van der Waals surface area contributed by atoms with Gasteiger partial charge in [0.15, 0.2) is 0 Å². The smallest absolute Gasteiger partial charge is 0.252 e. The van der Waals surface area contributed by atoms with E-state index in [-0.39, 0.29) is 18.2 Å². The quantitative estimate of drug-likeness (QED) is 0.785. The molecule has 0 unspecified atom stereocenters. The molecular weight excluding hydrogens is 388 g/mol. The molecule has 1 aliphatic heterocycles. The van der Waals surface area contributed by atoms with Crippen molar-refractivity contribution in [1.29, 1.82) is 0 Å². The number of halogens is 1. The van der Waals surface area contributed by atoms with E-state index in [0.29, 0.717) is 36.8 Å². The Morgan fingerprint density at radius 1 is 1.07 bits per heavy atom. The minimum atomic E-state index is -3.44. The van der Waals surface area contributed by atoms with Crippen molar-refractivity contribution < 1.29 is 13.2 Å². The van der Waals surface area contributed by atoms with E-state index >= 15 is 0 Å². The molecule has 9 heteroatoms. The van der Waals surface area contributed by atoms with Crippen LogP contribution in [0.2, 0.25) is 5.02 Å². The molecule has 1 aliphatic rings. The zero-order valence-electron chi connectivity index (χ0n) is 14.7. The molecule has 0 aliphatic carbocycles. The summed E-state index contributed by atoms with van der Waals surface area (Å²) >= 11 is 5.98. The molecule has 0 spiro atoms. The van der Waals surface area contributed by atoms with E-state index < -0.39 is 10.0 Å². The molecule has 1 amide bonds. The molecule has 1 aromatic carbocycles. The van der Waals surface area contributed by atoms with Crippen molar-refractivity contribution in [3.63, 3.8) is 0 Å². The van der Waals surface area contributed by atoms with Gasteiger partial charge in [0.25, 0.3) is 5.91 Å². The number of nitrogens with one attached hydrogen (secondary N) is 1. The Hall–Kier alpha value is -2.16. The third-order valence-corrected chi connectivity index (χ3v) is 6.57. The van der Waals surface area contributed by atoms with E-state index in [1.165, 1.54) is 4.31 Å². The van der Waals surface area contributed by atoms with Gasteiger partial charge in [0.2, 0.25) is 10.0 Å². The third kappa shape index (κ3) is 4.97. The maximum absolute atomic E-state index is 12.5. The van der Waals surface area contributed by atoms with Crippen molar-refractivity contribution in [3.05, 3.63) is 59.2 Å². The van der Waals surface area contributed by atoms with E-state index in [4.69, 9.17) is 11.6 Å². The van der Waals surface area contributed by atoms with Gasteiger partial charge in [-0.05, 0) is 24.3 Å². The van der Waals surface area contributed by atoms with E-state index in [1.54, 1.807) is 30.5 Å². The molecule has 3 rings (SSSR count). The molecular formula is C18H21ClN4O3S. The number of anilines is 1. The van der Waals surface area contributed by atoms with Crippen LogP contribution in [0.1, 0.15) is 10.4 Å². The first-order chi connectivity index (χ1) is 13.0. The SMILES string of the molecule is O=C(NCCS(=O)(=O)N1CCN(c2ccccn2)CC1)c1ccccc1Cl. The number of amides is 1. The van der Waals surface area contributed by atoms with Crippen molar-refractivity contribution in [2.45, 2.75) is 0 Å². The van der Waals surface area contributed by atoms with Crippen LogP contribution in [0.25, 0.3) is 0 Å². The van der Waals surface area contributed by atoms with Gasteiger partial charge < -0.3 is 10.2 Å². The van der Waals surface area contributed by atoms with Crippen molar-refractivity contribution in [2.75, 3.05) is 43.4 Å². The average Bonchev–Trinajstić information content (AvgIpc) is 2.69. The Morgan fingerprint density at radius 2 is 1.78 bits per heavy atom. The minimum absolute atomic E-state index is 0.0346. The highest BCUT2D eigenvalue weighted by atomic mass is 35.5. The van der Waals surface area contributed by atoms with Crippen LogP contribution in [-0.2, 0) is 10.0 Å². The van der Waals surface area contributed by atoms with Crippen LogP contribution in [0, 0.1) is 0 Å². The van der Waals surface area contributed by atoms with Crippen LogP contribution in [0.4, 0.5) is 5.82 Å². The molecule has 1 N–H and O–H groups in total. The molecule has 1 aromatic heterocycles. The average molecular weight is 409 g/mol. The van der Waals surface area contributed by atoms with Gasteiger partial charge in [-0.1, -0.05) is 29.8 Å². The Kier molecular flexibility index (Phi) is 6.30. The zero-order valence-corrected chi connectivity index (χ0v) is 16.3. The number of carbonyl (C=O) groups is 1. The maximum atomic E-state index is 12.5. The standard InChI is InChI=1S/C18H21ClN4O3S/c19-16-6-2-1-5-15(16)18(24)21-9-14-27(25,26)23-12-10-22(11-13-23)17-7-3-4-8-20-17/h1-8H,9-14H2,(H,21,24). The van der Waals surface area contributed by atoms with Gasteiger partial charge in [0.05, 0.1) is 16.3 Å². The summed E-state index contributed by atoms with van der Waals surface area (Å²) < 4.78 is 26.5. The predicted octanol–water partition coefficient (Wildman–Crippen LogP) is 1.62. The lowest BCUT2D eigenvalue weighted by Gasteiger charge is -2.34. The summed E-state index contributed by atoms with van der Waals surface area (Å²) in [6, 6.07) is 12.3. The first-order valence-corrected chi connectivity index (χ1v) is 10.6. The number of aromatic nitrogens is 1. The number of rotatable bonds is 6. The van der Waals surface area contributed by atoms with Crippen LogP contribution >= 0.6 is 11.6 Å². The summed E-state index contributed by atoms with van der Waals surface area (Å²) in [5.41, 5.74) is 0.334. The van der Waals surface area contributed by atoms with E-state index in [9.17, 15) is 13.2 Å². The molecule has 27 heavy (non-hydrogen) atoms. The fourth-order valence-corrected chi connectivity index (χ4v) is 4.46. The highest BCUT2D eigenvalue weighted by Gasteiger charge is 2.27. The summed E-state index contributed by atoms with van der Waals surface area (Å²) in [5, 5.41) is 2.96. The molecule has 7 nitrogen and oxygen atoms in total. The van der Waals surface area contributed by atoms with E-state index in [0.717, 1.165) is 5.82 Å². The Balaban J connectivity index is 1.49. The van der Waals surface area contributed by atoms with Crippen LogP contribution in [-0.4, -0.2) is 62.1 Å². The Morgan fingerprint density at radius 3 is 2.44 bits per heavy atom.